The highest BCUT2D eigenvalue weighted by atomic mass is 16.6. The Labute approximate surface area is 285 Å². The van der Waals surface area contributed by atoms with Crippen molar-refractivity contribution in [2.75, 3.05) is 7.11 Å². The molecule has 4 N–H and O–H groups in total. The van der Waals surface area contributed by atoms with Crippen LogP contribution in [0.5, 0.6) is 5.75 Å². The molecule has 4 saturated carbocycles. The van der Waals surface area contributed by atoms with Crippen LogP contribution in [0.1, 0.15) is 99.0 Å². The quantitative estimate of drug-likeness (QED) is 0.154. The Hall–Kier alpha value is -2.68. The Bertz CT molecular complexity index is 1510. The van der Waals surface area contributed by atoms with Crippen molar-refractivity contribution in [3.05, 3.63) is 47.6 Å². The lowest BCUT2D eigenvalue weighted by Gasteiger charge is -2.73. The van der Waals surface area contributed by atoms with Gasteiger partial charge in [-0.3, -0.25) is 4.79 Å². The molecule has 5 aliphatic rings. The number of ether oxygens (including phenoxy) is 2. The average molecular weight is 665 g/mol. The molecule has 0 radical (unpaired) electrons. The lowest BCUT2D eigenvalue weighted by atomic mass is 9.32. The van der Waals surface area contributed by atoms with Crippen molar-refractivity contribution in [3.63, 3.8) is 0 Å². The maximum Gasteiger partial charge on any atom is 0.331 e. The zero-order valence-corrected chi connectivity index (χ0v) is 30.0. The second kappa shape index (κ2) is 11.4. The molecule has 8 heteroatoms. The monoisotopic (exact) mass is 664 g/mol. The van der Waals surface area contributed by atoms with E-state index in [4.69, 9.17) is 9.47 Å². The first kappa shape index (κ1) is 35.2. The number of hydrogen-bond acceptors (Lipinski definition) is 7. The fraction of sp³-hybridized carbons (Fsp3) is 0.700. The molecule has 0 saturated heterocycles. The Kier molecular flexibility index (Phi) is 8.37. The molecule has 8 nitrogen and oxygen atoms in total. The molecule has 6 rings (SSSR count). The summed E-state index contributed by atoms with van der Waals surface area (Å²) < 4.78 is 12.4. The van der Waals surface area contributed by atoms with Crippen molar-refractivity contribution >= 4 is 18.0 Å². The molecular weight excluding hydrogens is 608 g/mol. The molecule has 0 heterocycles. The fourth-order valence-corrected chi connectivity index (χ4v) is 12.4. The van der Waals surface area contributed by atoms with Crippen LogP contribution in [0.4, 0.5) is 0 Å². The maximum absolute atomic E-state index is 13.1. The number of aliphatic hydroxyl groups excluding tert-OH is 1. The number of carboxylic acids is 1. The summed E-state index contributed by atoms with van der Waals surface area (Å²) in [7, 11) is 1.72. The largest absolute Gasteiger partial charge is 0.508 e. The van der Waals surface area contributed by atoms with Crippen LogP contribution in [0, 0.1) is 50.7 Å². The number of aliphatic carboxylic acids is 1. The van der Waals surface area contributed by atoms with Gasteiger partial charge in [-0.05, 0) is 104 Å². The lowest BCUT2D eigenvalue weighted by Crippen LogP contribution is -2.71. The molecule has 1 aromatic rings. The maximum atomic E-state index is 13.1. The first-order valence-electron chi connectivity index (χ1n) is 17.9. The second-order valence-electron chi connectivity index (χ2n) is 17.6. The van der Waals surface area contributed by atoms with Crippen LogP contribution in [-0.4, -0.2) is 63.4 Å². The van der Waals surface area contributed by atoms with Crippen LogP contribution in [0.3, 0.4) is 0 Å². The van der Waals surface area contributed by atoms with Crippen LogP contribution < -0.4 is 0 Å². The van der Waals surface area contributed by atoms with Gasteiger partial charge in [-0.2, -0.15) is 0 Å². The van der Waals surface area contributed by atoms with Gasteiger partial charge in [-0.15, -0.1) is 0 Å². The third-order valence-electron chi connectivity index (χ3n) is 15.1. The summed E-state index contributed by atoms with van der Waals surface area (Å²) in [6, 6.07) is 6.54. The molecule has 0 aliphatic heterocycles. The summed E-state index contributed by atoms with van der Waals surface area (Å²) in [6.07, 6.45) is 7.93. The number of aliphatic hydroxyl groups is 2. The van der Waals surface area contributed by atoms with Crippen molar-refractivity contribution in [1.29, 1.82) is 0 Å². The number of carboxylic acid groups (broad SMARTS) is 1. The third kappa shape index (κ3) is 4.79. The minimum absolute atomic E-state index is 0.00533. The Morgan fingerprint density at radius 1 is 0.958 bits per heavy atom. The van der Waals surface area contributed by atoms with Gasteiger partial charge in [0, 0.05) is 30.4 Å². The molecule has 5 aliphatic carbocycles. The zero-order chi connectivity index (χ0) is 35.2. The van der Waals surface area contributed by atoms with Gasteiger partial charge >= 0.3 is 11.9 Å². The standard InChI is InChI=1S/C40H56O8/c1-23-15-18-40(34(44)45)20-19-37(5)26(31(40)39(23,7)46)21-28(47-8)32-36(4)22-27(42)33(35(2,3)29(36)16-17-38(32,37)6)48-30(43)14-11-24-9-12-25(41)13-10-24/h9-14,21,23,27-29,31-33,41-42,46H,15-20,22H2,1-8H3,(H,44,45)/b14-11+/t23-,27-,28-,29+,31-,32-,33-,36+,37-,38-,39-,40+/m1/s1. The van der Waals surface area contributed by atoms with E-state index >= 15 is 0 Å². The first-order valence-corrected chi connectivity index (χ1v) is 17.9. The zero-order valence-electron chi connectivity index (χ0n) is 30.0. The number of phenolic OH excluding ortho intramolecular Hbond substituents is 1. The van der Waals surface area contributed by atoms with Crippen molar-refractivity contribution in [1.82, 2.24) is 0 Å². The molecule has 0 bridgehead atoms. The van der Waals surface area contributed by atoms with Crippen molar-refractivity contribution in [2.24, 2.45) is 50.7 Å². The minimum Gasteiger partial charge on any atom is -0.508 e. The third-order valence-corrected chi connectivity index (χ3v) is 15.1. The van der Waals surface area contributed by atoms with Crippen molar-refractivity contribution < 1.29 is 39.5 Å². The van der Waals surface area contributed by atoms with Gasteiger partial charge in [-0.1, -0.05) is 65.3 Å². The van der Waals surface area contributed by atoms with E-state index in [0.717, 1.165) is 30.4 Å². The number of esters is 1. The molecule has 4 fully saturated rings. The molecular formula is C40H56O8. The first-order chi connectivity index (χ1) is 22.3. The predicted octanol–water partition coefficient (Wildman–Crippen LogP) is 6.77. The SMILES string of the molecule is CO[C@@H]1C=C2[C@H]3[C@](C(=O)O)(CC[C@@H](C)[C@@]3(C)O)CC[C@@]2(C)[C@]2(C)CC[C@H]3C(C)(C)[C@H](OC(=O)/C=C/c4ccc(O)cc4)[C@H](O)C[C@]3(C)[C@@H]12. The molecule has 264 valence electrons. The number of carbonyl (C=O) groups excluding carboxylic acids is 1. The van der Waals surface area contributed by atoms with Gasteiger partial charge in [0.15, 0.2) is 0 Å². The van der Waals surface area contributed by atoms with Crippen LogP contribution in [-0.2, 0) is 19.1 Å². The molecule has 12 atom stereocenters. The molecule has 48 heavy (non-hydrogen) atoms. The topological polar surface area (TPSA) is 134 Å². The number of carbonyl (C=O) groups is 2. The molecule has 0 amide bonds. The smallest absolute Gasteiger partial charge is 0.331 e. The van der Waals surface area contributed by atoms with Crippen LogP contribution in [0.2, 0.25) is 0 Å². The second-order valence-corrected chi connectivity index (χ2v) is 17.6. The fourth-order valence-electron chi connectivity index (χ4n) is 12.4. The number of rotatable bonds is 5. The van der Waals surface area contributed by atoms with Crippen LogP contribution in [0.15, 0.2) is 42.0 Å². The molecule has 0 aromatic heterocycles. The molecule has 0 unspecified atom stereocenters. The predicted molar refractivity (Wildman–Crippen MR) is 183 cm³/mol. The normalized spacial score (nSPS) is 46.4. The minimum atomic E-state index is -1.18. The lowest BCUT2D eigenvalue weighted by molar-refractivity contribution is -0.257. The highest BCUT2D eigenvalue weighted by Gasteiger charge is 2.73. The summed E-state index contributed by atoms with van der Waals surface area (Å²) in [6.45, 7) is 15.1. The molecule has 0 spiro atoms. The van der Waals surface area contributed by atoms with Crippen molar-refractivity contribution in [2.45, 2.75) is 117 Å². The average Bonchev–Trinajstić information content (AvgIpc) is 3.00. The Morgan fingerprint density at radius 2 is 1.62 bits per heavy atom. The van der Waals surface area contributed by atoms with Gasteiger partial charge in [-0.25, -0.2) is 4.79 Å². The van der Waals surface area contributed by atoms with Crippen LogP contribution in [0.25, 0.3) is 6.08 Å². The number of aromatic hydroxyl groups is 1. The van der Waals surface area contributed by atoms with Gasteiger partial charge in [0.05, 0.1) is 23.2 Å². The summed E-state index contributed by atoms with van der Waals surface area (Å²) in [4.78, 5) is 26.2. The van der Waals surface area contributed by atoms with Gasteiger partial charge in [0.2, 0.25) is 0 Å². The molecule has 1 aromatic carbocycles. The summed E-state index contributed by atoms with van der Waals surface area (Å²) >= 11 is 0. The summed E-state index contributed by atoms with van der Waals surface area (Å²) in [5, 5.41) is 44.4. The van der Waals surface area contributed by atoms with Gasteiger partial charge in [0.25, 0.3) is 0 Å². The summed E-state index contributed by atoms with van der Waals surface area (Å²) in [5.74, 6) is -1.62. The number of phenols is 1. The van der Waals surface area contributed by atoms with E-state index in [1.807, 2.05) is 13.8 Å². The Balaban J connectivity index is 1.36. The Morgan fingerprint density at radius 3 is 2.25 bits per heavy atom. The van der Waals surface area contributed by atoms with E-state index in [2.05, 4.69) is 40.7 Å². The summed E-state index contributed by atoms with van der Waals surface area (Å²) in [5.41, 5.74) is -1.99. The number of fused-ring (bicyclic) bond motifs is 7. The van der Waals surface area contributed by atoms with E-state index in [1.165, 1.54) is 6.08 Å². The van der Waals surface area contributed by atoms with E-state index in [0.29, 0.717) is 25.7 Å². The number of hydrogen-bond donors (Lipinski definition) is 4. The van der Waals surface area contributed by atoms with E-state index in [-0.39, 0.29) is 45.9 Å². The van der Waals surface area contributed by atoms with E-state index in [1.54, 1.807) is 37.5 Å². The van der Waals surface area contributed by atoms with Gasteiger partial charge in [0.1, 0.15) is 11.9 Å². The van der Waals surface area contributed by atoms with E-state index < -0.39 is 46.5 Å². The highest BCUT2D eigenvalue weighted by Crippen LogP contribution is 2.76. The number of methoxy groups -OCH3 is 1. The van der Waals surface area contributed by atoms with E-state index in [9.17, 15) is 30.0 Å². The van der Waals surface area contributed by atoms with Crippen molar-refractivity contribution in [3.8, 4) is 5.75 Å². The van der Waals surface area contributed by atoms with Gasteiger partial charge < -0.3 is 29.9 Å². The van der Waals surface area contributed by atoms with Crippen LogP contribution >= 0.6 is 0 Å². The highest BCUT2D eigenvalue weighted by molar-refractivity contribution is 5.87. The number of benzene rings is 1.